The molecule has 4 nitrogen and oxygen atoms in total. The number of aromatic nitrogens is 2. The fourth-order valence-corrected chi connectivity index (χ4v) is 1.59. The molecule has 2 rings (SSSR count). The maximum atomic E-state index is 11.6. The highest BCUT2D eigenvalue weighted by molar-refractivity contribution is 6.30. The molecule has 1 aromatic carbocycles. The fraction of sp³-hybridized carbons (Fsp3) is 0. The van der Waals surface area contributed by atoms with Crippen LogP contribution >= 0.6 is 23.2 Å². The van der Waals surface area contributed by atoms with E-state index in [-0.39, 0.29) is 11.1 Å². The normalized spacial score (nSPS) is 10.6. The zero-order valence-electron chi connectivity index (χ0n) is 9.68. The van der Waals surface area contributed by atoms with Gasteiger partial charge in [-0.2, -0.15) is 0 Å². The van der Waals surface area contributed by atoms with E-state index in [9.17, 15) is 4.79 Å². The summed E-state index contributed by atoms with van der Waals surface area (Å²) in [4.78, 5) is 19.3. The minimum atomic E-state index is -0.313. The number of nitrogens with zero attached hydrogens (tertiary/aromatic N) is 2. The zero-order valence-corrected chi connectivity index (χ0v) is 11.2. The Morgan fingerprint density at radius 3 is 2.58 bits per heavy atom. The minimum Gasteiger partial charge on any atom is -0.306 e. The molecule has 19 heavy (non-hydrogen) atoms. The molecule has 96 valence electrons. The van der Waals surface area contributed by atoms with Gasteiger partial charge in [0.2, 0.25) is 5.91 Å². The molecular weight excluding hydrogens is 285 g/mol. The second-order valence-electron chi connectivity index (χ2n) is 3.60. The van der Waals surface area contributed by atoms with Crippen LogP contribution in [0, 0.1) is 0 Å². The topological polar surface area (TPSA) is 54.9 Å². The molecule has 0 radical (unpaired) electrons. The van der Waals surface area contributed by atoms with Gasteiger partial charge in [-0.1, -0.05) is 35.3 Å². The van der Waals surface area contributed by atoms with Crippen LogP contribution in [0.5, 0.6) is 0 Å². The van der Waals surface area contributed by atoms with Gasteiger partial charge in [0.15, 0.2) is 5.82 Å². The molecule has 0 spiro atoms. The first-order valence-electron chi connectivity index (χ1n) is 5.36. The summed E-state index contributed by atoms with van der Waals surface area (Å²) in [5.41, 5.74) is 0.872. The molecule has 0 atom stereocenters. The fourth-order valence-electron chi connectivity index (χ4n) is 1.32. The summed E-state index contributed by atoms with van der Waals surface area (Å²) in [5.74, 6) is -0.00947. The first-order valence-corrected chi connectivity index (χ1v) is 6.11. The van der Waals surface area contributed by atoms with Gasteiger partial charge in [0.05, 0.1) is 12.4 Å². The first kappa shape index (κ1) is 13.5. The average molecular weight is 294 g/mol. The van der Waals surface area contributed by atoms with Crippen molar-refractivity contribution in [1.29, 1.82) is 0 Å². The minimum absolute atomic E-state index is 0.222. The maximum absolute atomic E-state index is 11.6. The molecule has 1 heterocycles. The standard InChI is InChI=1S/C13H9Cl2N3O/c14-10-4-1-9(2-5-10)3-6-13(19)18-12-8-16-7-11(15)17-12/h1-8H,(H,17,18,19)/b6-3+. The summed E-state index contributed by atoms with van der Waals surface area (Å²) in [6.45, 7) is 0. The SMILES string of the molecule is O=C(/C=C/c1ccc(Cl)cc1)Nc1cncc(Cl)n1. The van der Waals surface area contributed by atoms with Gasteiger partial charge in [-0.15, -0.1) is 0 Å². The van der Waals surface area contributed by atoms with Crippen LogP contribution in [0.4, 0.5) is 5.82 Å². The number of carbonyl (C=O) groups excluding carboxylic acids is 1. The zero-order chi connectivity index (χ0) is 13.7. The summed E-state index contributed by atoms with van der Waals surface area (Å²) < 4.78 is 0. The van der Waals surface area contributed by atoms with Crippen molar-refractivity contribution in [1.82, 2.24) is 9.97 Å². The molecule has 0 fully saturated rings. The van der Waals surface area contributed by atoms with E-state index in [2.05, 4.69) is 15.3 Å². The number of amides is 1. The molecule has 0 bridgehead atoms. The van der Waals surface area contributed by atoms with E-state index in [4.69, 9.17) is 23.2 Å². The van der Waals surface area contributed by atoms with Crippen LogP contribution in [0.15, 0.2) is 42.7 Å². The monoisotopic (exact) mass is 293 g/mol. The molecule has 2 aromatic rings. The van der Waals surface area contributed by atoms with E-state index < -0.39 is 0 Å². The number of rotatable bonds is 3. The Morgan fingerprint density at radius 2 is 1.89 bits per heavy atom. The number of halogens is 2. The van der Waals surface area contributed by atoms with Gasteiger partial charge in [0.25, 0.3) is 0 Å². The van der Waals surface area contributed by atoms with Crippen molar-refractivity contribution in [2.75, 3.05) is 5.32 Å². The molecule has 1 aromatic heterocycles. The molecule has 0 unspecified atom stereocenters. The van der Waals surface area contributed by atoms with Crippen molar-refractivity contribution in [3.8, 4) is 0 Å². The maximum Gasteiger partial charge on any atom is 0.249 e. The number of benzene rings is 1. The summed E-state index contributed by atoms with van der Waals surface area (Å²) in [6.07, 6.45) is 5.87. The number of carbonyl (C=O) groups is 1. The third-order valence-electron chi connectivity index (χ3n) is 2.15. The summed E-state index contributed by atoms with van der Waals surface area (Å²) in [5, 5.41) is 3.43. The van der Waals surface area contributed by atoms with Gasteiger partial charge >= 0.3 is 0 Å². The number of hydrogen-bond donors (Lipinski definition) is 1. The summed E-state index contributed by atoms with van der Waals surface area (Å²) in [6, 6.07) is 7.12. The second kappa shape index (κ2) is 6.31. The largest absolute Gasteiger partial charge is 0.306 e. The van der Waals surface area contributed by atoms with Crippen LogP contribution in [0.3, 0.4) is 0 Å². The van der Waals surface area contributed by atoms with E-state index in [0.717, 1.165) is 5.56 Å². The number of anilines is 1. The van der Waals surface area contributed by atoms with Gasteiger partial charge in [-0.3, -0.25) is 9.78 Å². The van der Waals surface area contributed by atoms with Crippen LogP contribution in [-0.2, 0) is 4.79 Å². The molecular formula is C13H9Cl2N3O. The highest BCUT2D eigenvalue weighted by atomic mass is 35.5. The van der Waals surface area contributed by atoms with Crippen molar-refractivity contribution < 1.29 is 4.79 Å². The van der Waals surface area contributed by atoms with Crippen molar-refractivity contribution >= 4 is 41.0 Å². The smallest absolute Gasteiger partial charge is 0.249 e. The lowest BCUT2D eigenvalue weighted by Gasteiger charge is -2.00. The summed E-state index contributed by atoms with van der Waals surface area (Å²) in [7, 11) is 0. The Bertz CT molecular complexity index is 612. The average Bonchev–Trinajstić information content (AvgIpc) is 2.38. The molecule has 1 amide bonds. The van der Waals surface area contributed by atoms with Gasteiger partial charge in [0, 0.05) is 11.1 Å². The van der Waals surface area contributed by atoms with Crippen LogP contribution < -0.4 is 5.32 Å². The first-order chi connectivity index (χ1) is 9.13. The molecule has 0 saturated carbocycles. The van der Waals surface area contributed by atoms with E-state index in [1.807, 2.05) is 12.1 Å². The predicted molar refractivity (Wildman–Crippen MR) is 76.2 cm³/mol. The highest BCUT2D eigenvalue weighted by Crippen LogP contribution is 2.11. The Balaban J connectivity index is 1.99. The van der Waals surface area contributed by atoms with Crippen molar-refractivity contribution in [3.05, 3.63) is 58.5 Å². The Labute approximate surface area is 120 Å². The van der Waals surface area contributed by atoms with Crippen molar-refractivity contribution in [3.63, 3.8) is 0 Å². The van der Waals surface area contributed by atoms with E-state index in [1.165, 1.54) is 18.5 Å². The predicted octanol–water partition coefficient (Wildman–Crippen LogP) is 3.44. The molecule has 0 aliphatic rings. The molecule has 1 N–H and O–H groups in total. The third-order valence-corrected chi connectivity index (χ3v) is 2.59. The Hall–Kier alpha value is -1.91. The lowest BCUT2D eigenvalue weighted by atomic mass is 10.2. The van der Waals surface area contributed by atoms with Gasteiger partial charge in [0.1, 0.15) is 5.15 Å². The molecule has 6 heteroatoms. The molecule has 0 saturated heterocycles. The van der Waals surface area contributed by atoms with E-state index >= 15 is 0 Å². The van der Waals surface area contributed by atoms with Crippen molar-refractivity contribution in [2.24, 2.45) is 0 Å². The lowest BCUT2D eigenvalue weighted by molar-refractivity contribution is -0.111. The van der Waals surface area contributed by atoms with Crippen molar-refractivity contribution in [2.45, 2.75) is 0 Å². The lowest BCUT2D eigenvalue weighted by Crippen LogP contribution is -2.09. The van der Waals surface area contributed by atoms with Gasteiger partial charge in [-0.05, 0) is 23.8 Å². The van der Waals surface area contributed by atoms with Crippen LogP contribution in [-0.4, -0.2) is 15.9 Å². The van der Waals surface area contributed by atoms with Crippen LogP contribution in [0.2, 0.25) is 10.2 Å². The number of hydrogen-bond acceptors (Lipinski definition) is 3. The van der Waals surface area contributed by atoms with Crippen LogP contribution in [0.25, 0.3) is 6.08 Å². The quantitative estimate of drug-likeness (QED) is 0.882. The second-order valence-corrected chi connectivity index (χ2v) is 4.42. The van der Waals surface area contributed by atoms with Crippen LogP contribution in [0.1, 0.15) is 5.56 Å². The molecule has 0 aliphatic carbocycles. The Morgan fingerprint density at radius 1 is 1.16 bits per heavy atom. The highest BCUT2D eigenvalue weighted by Gasteiger charge is 2.00. The summed E-state index contributed by atoms with van der Waals surface area (Å²) >= 11 is 11.4. The molecule has 0 aliphatic heterocycles. The van der Waals surface area contributed by atoms with E-state index in [1.54, 1.807) is 18.2 Å². The third kappa shape index (κ3) is 4.35. The Kier molecular flexibility index (Phi) is 4.49. The van der Waals surface area contributed by atoms with E-state index in [0.29, 0.717) is 10.8 Å². The number of nitrogens with one attached hydrogen (secondary N) is 1. The van der Waals surface area contributed by atoms with Gasteiger partial charge in [-0.25, -0.2) is 4.98 Å². The van der Waals surface area contributed by atoms with Gasteiger partial charge < -0.3 is 5.32 Å².